The van der Waals surface area contributed by atoms with Crippen molar-refractivity contribution >= 4 is 18.4 Å². The molecule has 120 valence electrons. The topological polar surface area (TPSA) is 12.5 Å². The number of ether oxygens (including phenoxy) is 1. The molecule has 0 bridgehead atoms. The van der Waals surface area contributed by atoms with E-state index in [0.717, 1.165) is 4.12 Å². The molecule has 1 saturated heterocycles. The van der Waals surface area contributed by atoms with Crippen molar-refractivity contribution in [1.82, 2.24) is 0 Å². The second-order valence-electron chi connectivity index (χ2n) is 8.02. The van der Waals surface area contributed by atoms with Crippen molar-refractivity contribution < 1.29 is 4.74 Å². The summed E-state index contributed by atoms with van der Waals surface area (Å²) in [6, 6.07) is 0. The molecule has 1 aliphatic heterocycles. The van der Waals surface area contributed by atoms with Crippen LogP contribution >= 0.6 is 0 Å². The van der Waals surface area contributed by atoms with Gasteiger partial charge in [-0.25, -0.2) is 0 Å². The first-order valence-corrected chi connectivity index (χ1v) is 16.8. The Hall–Kier alpha value is 0.759. The van der Waals surface area contributed by atoms with Crippen LogP contribution in [0.4, 0.5) is 0 Å². The molecule has 0 aliphatic carbocycles. The first-order valence-electron chi connectivity index (χ1n) is 9.06. The molecule has 2 atom stereocenters. The van der Waals surface area contributed by atoms with Gasteiger partial charge in [0.1, 0.15) is 0 Å². The van der Waals surface area contributed by atoms with Crippen LogP contribution in [0.15, 0.2) is 0 Å². The first kappa shape index (κ1) is 18.8. The van der Waals surface area contributed by atoms with Crippen molar-refractivity contribution in [2.45, 2.75) is 104 Å². The van der Waals surface area contributed by atoms with Crippen LogP contribution in [0, 0.1) is 5.41 Å². The Bertz CT molecular complexity index is 247. The maximum atomic E-state index is 6.33. The van der Waals surface area contributed by atoms with Crippen molar-refractivity contribution in [2.75, 3.05) is 0 Å². The van der Waals surface area contributed by atoms with Gasteiger partial charge in [-0.2, -0.15) is 0 Å². The molecule has 0 aromatic carbocycles. The molecule has 1 aliphatic rings. The van der Waals surface area contributed by atoms with Crippen molar-refractivity contribution in [1.29, 1.82) is 0 Å². The molecule has 0 unspecified atom stereocenters. The summed E-state index contributed by atoms with van der Waals surface area (Å²) in [4.78, 5) is 0. The molecule has 0 amide bonds. The normalized spacial score (nSPS) is 23.1. The Kier molecular flexibility index (Phi) is 7.91. The van der Waals surface area contributed by atoms with E-state index in [1.807, 2.05) is 0 Å². The number of rotatable bonds is 10. The molecule has 0 saturated carbocycles. The van der Waals surface area contributed by atoms with E-state index in [-0.39, 0.29) is 0 Å². The monoisotopic (exact) mass is 390 g/mol. The van der Waals surface area contributed by atoms with Gasteiger partial charge < -0.3 is 0 Å². The second-order valence-corrected chi connectivity index (χ2v) is 21.7. The van der Waals surface area contributed by atoms with Crippen LogP contribution in [-0.4, -0.2) is 28.6 Å². The molecular weight excluding hydrogens is 351 g/mol. The van der Waals surface area contributed by atoms with Crippen LogP contribution in [0.2, 0.25) is 13.3 Å². The number of epoxide rings is 1. The van der Waals surface area contributed by atoms with E-state index in [0.29, 0.717) is 11.5 Å². The van der Waals surface area contributed by atoms with Crippen LogP contribution in [0.1, 0.15) is 80.1 Å². The molecule has 0 spiro atoms. The minimum absolute atomic E-state index is 0.359. The van der Waals surface area contributed by atoms with Crippen molar-refractivity contribution in [3.8, 4) is 0 Å². The fourth-order valence-corrected chi connectivity index (χ4v) is 21.8. The third-order valence-corrected chi connectivity index (χ3v) is 21.3. The average molecular weight is 389 g/mol. The standard InChI is InChI=1S/C6H11O.3C4H9.Sn/c1-6(2,3)5-4-7-5;3*1-3-4-2;/h4-5H,1-3H3;3*1,3-4H2,2H3;/t5-;;;;/m1..../s1. The van der Waals surface area contributed by atoms with Gasteiger partial charge in [0, 0.05) is 0 Å². The SMILES string of the molecule is CCC[CH2][Sn]([CH2]CCC)([CH2]CCC)[C@@H]1O[C@H]1C(C)(C)C. The van der Waals surface area contributed by atoms with Crippen LogP contribution < -0.4 is 0 Å². The summed E-state index contributed by atoms with van der Waals surface area (Å²) in [5.41, 5.74) is 0.359. The molecule has 0 aromatic rings. The average Bonchev–Trinajstić information content (AvgIpc) is 3.19. The molecule has 1 rings (SSSR count). The number of unbranched alkanes of at least 4 members (excludes halogenated alkanes) is 3. The Morgan fingerprint density at radius 3 is 1.45 bits per heavy atom. The van der Waals surface area contributed by atoms with Crippen molar-refractivity contribution in [2.24, 2.45) is 5.41 Å². The van der Waals surface area contributed by atoms with Gasteiger partial charge in [0.2, 0.25) is 0 Å². The van der Waals surface area contributed by atoms with Crippen LogP contribution in [0.3, 0.4) is 0 Å². The van der Waals surface area contributed by atoms with Gasteiger partial charge in [-0.3, -0.25) is 0 Å². The summed E-state index contributed by atoms with van der Waals surface area (Å²) in [6.45, 7) is 14.2. The first-order chi connectivity index (χ1) is 9.41. The van der Waals surface area contributed by atoms with E-state index in [4.69, 9.17) is 4.74 Å². The van der Waals surface area contributed by atoms with E-state index >= 15 is 0 Å². The molecule has 2 heteroatoms. The molecule has 1 nitrogen and oxygen atoms in total. The van der Waals surface area contributed by atoms with Gasteiger partial charge in [0.25, 0.3) is 0 Å². The van der Waals surface area contributed by atoms with Gasteiger partial charge in [0.15, 0.2) is 0 Å². The third-order valence-electron chi connectivity index (χ3n) is 5.03. The van der Waals surface area contributed by atoms with Gasteiger partial charge in [0.05, 0.1) is 0 Å². The Morgan fingerprint density at radius 1 is 0.800 bits per heavy atom. The van der Waals surface area contributed by atoms with Crippen molar-refractivity contribution in [3.05, 3.63) is 0 Å². The molecule has 1 fully saturated rings. The van der Waals surface area contributed by atoms with Gasteiger partial charge in [-0.05, 0) is 0 Å². The van der Waals surface area contributed by atoms with E-state index in [1.54, 1.807) is 13.3 Å². The molecule has 0 radical (unpaired) electrons. The fraction of sp³-hybridized carbons (Fsp3) is 1.00. The Morgan fingerprint density at radius 2 is 1.20 bits per heavy atom. The van der Waals surface area contributed by atoms with Crippen LogP contribution in [-0.2, 0) is 4.74 Å². The fourth-order valence-electron chi connectivity index (χ4n) is 3.62. The predicted octanol–water partition coefficient (Wildman–Crippen LogP) is 6.19. The molecule has 0 aromatic heterocycles. The van der Waals surface area contributed by atoms with E-state index in [9.17, 15) is 0 Å². The quantitative estimate of drug-likeness (QED) is 0.321. The van der Waals surface area contributed by atoms with E-state index in [1.165, 1.54) is 38.5 Å². The summed E-state index contributed by atoms with van der Waals surface area (Å²) in [6.07, 6.45) is 9.06. The zero-order valence-electron chi connectivity index (χ0n) is 14.9. The molecule has 1 heterocycles. The summed E-state index contributed by atoms with van der Waals surface area (Å²) >= 11 is -2.09. The van der Waals surface area contributed by atoms with Gasteiger partial charge in [-0.1, -0.05) is 0 Å². The zero-order valence-corrected chi connectivity index (χ0v) is 17.8. The number of hydrogen-bond donors (Lipinski definition) is 0. The Balaban J connectivity index is 2.79. The van der Waals surface area contributed by atoms with Crippen LogP contribution in [0.5, 0.6) is 0 Å². The second kappa shape index (κ2) is 8.41. The third kappa shape index (κ3) is 5.19. The van der Waals surface area contributed by atoms with E-state index < -0.39 is 18.4 Å². The maximum absolute atomic E-state index is 6.33. The van der Waals surface area contributed by atoms with Gasteiger partial charge in [-0.15, -0.1) is 0 Å². The number of hydrogen-bond acceptors (Lipinski definition) is 1. The van der Waals surface area contributed by atoms with Gasteiger partial charge >= 0.3 is 132 Å². The summed E-state index contributed by atoms with van der Waals surface area (Å²) in [5.74, 6) is 0. The molecule has 20 heavy (non-hydrogen) atoms. The minimum atomic E-state index is -2.09. The summed E-state index contributed by atoms with van der Waals surface area (Å²) in [7, 11) is 0. The van der Waals surface area contributed by atoms with E-state index in [2.05, 4.69) is 41.5 Å². The Labute approximate surface area is 132 Å². The summed E-state index contributed by atoms with van der Waals surface area (Å²) in [5, 5.41) is 0. The zero-order chi connectivity index (χ0) is 15.2. The van der Waals surface area contributed by atoms with Crippen LogP contribution in [0.25, 0.3) is 0 Å². The molecule has 0 N–H and O–H groups in total. The van der Waals surface area contributed by atoms with Crippen molar-refractivity contribution in [3.63, 3.8) is 0 Å². The summed E-state index contributed by atoms with van der Waals surface area (Å²) < 4.78 is 11.8. The predicted molar refractivity (Wildman–Crippen MR) is 93.0 cm³/mol. The molecular formula is C18H38OSn.